The van der Waals surface area contributed by atoms with E-state index in [2.05, 4.69) is 4.72 Å². The Hall–Kier alpha value is -0.170. The average molecular weight is 278 g/mol. The molecule has 0 aromatic rings. The molecular weight excluding hydrogens is 252 g/mol. The van der Waals surface area contributed by atoms with Crippen LogP contribution in [0.5, 0.6) is 0 Å². The van der Waals surface area contributed by atoms with Crippen LogP contribution in [0.15, 0.2) is 0 Å². The first-order valence-electron chi connectivity index (χ1n) is 6.66. The Bertz CT molecular complexity index is 348. The van der Waals surface area contributed by atoms with Crippen LogP contribution in [-0.4, -0.2) is 44.1 Å². The van der Waals surface area contributed by atoms with Gasteiger partial charge in [-0.3, -0.25) is 0 Å². The molecule has 108 valence electrons. The molecule has 18 heavy (non-hydrogen) atoms. The second-order valence-electron chi connectivity index (χ2n) is 5.65. The predicted molar refractivity (Wildman–Crippen MR) is 72.4 cm³/mol. The summed E-state index contributed by atoms with van der Waals surface area (Å²) in [5.74, 6) is 0. The summed E-state index contributed by atoms with van der Waals surface area (Å²) in [6.45, 7) is 4.06. The molecule has 0 aromatic carbocycles. The molecule has 6 heteroatoms. The van der Waals surface area contributed by atoms with Crippen molar-refractivity contribution >= 4 is 10.2 Å². The van der Waals surface area contributed by atoms with Gasteiger partial charge in [-0.2, -0.15) is 12.7 Å². The van der Waals surface area contributed by atoms with E-state index in [0.717, 1.165) is 25.7 Å². The number of hydrogen-bond acceptors (Lipinski definition) is 3. The van der Waals surface area contributed by atoms with Crippen molar-refractivity contribution in [3.05, 3.63) is 0 Å². The van der Waals surface area contributed by atoms with Crippen LogP contribution in [0.25, 0.3) is 0 Å². The summed E-state index contributed by atoms with van der Waals surface area (Å²) in [7, 11) is -1.87. The Balaban J connectivity index is 2.62. The van der Waals surface area contributed by atoms with E-state index in [0.29, 0.717) is 6.54 Å². The maximum atomic E-state index is 12.0. The molecule has 0 heterocycles. The molecule has 0 amide bonds. The van der Waals surface area contributed by atoms with Crippen molar-refractivity contribution in [1.82, 2.24) is 9.03 Å². The van der Waals surface area contributed by atoms with Gasteiger partial charge in [-0.05, 0) is 26.7 Å². The SMILES string of the molecule is CC(C)N(C)S(=O)(=O)NCC1(CO)CCCCC1. The summed E-state index contributed by atoms with van der Waals surface area (Å²) in [4.78, 5) is 0. The second kappa shape index (κ2) is 6.32. The molecule has 0 saturated heterocycles. The van der Waals surface area contributed by atoms with E-state index in [9.17, 15) is 13.5 Å². The van der Waals surface area contributed by atoms with E-state index in [-0.39, 0.29) is 18.1 Å². The lowest BCUT2D eigenvalue weighted by molar-refractivity contribution is 0.0863. The number of hydrogen-bond donors (Lipinski definition) is 2. The van der Waals surface area contributed by atoms with Gasteiger partial charge in [-0.15, -0.1) is 0 Å². The standard InChI is InChI=1S/C12H26N2O3S/c1-11(2)14(3)18(16,17)13-9-12(10-15)7-5-4-6-8-12/h11,13,15H,4-10H2,1-3H3. The molecule has 0 aliphatic heterocycles. The average Bonchev–Trinajstić information content (AvgIpc) is 2.36. The molecule has 2 N–H and O–H groups in total. The number of nitrogens with zero attached hydrogens (tertiary/aromatic N) is 1. The van der Waals surface area contributed by atoms with Crippen LogP contribution in [0.3, 0.4) is 0 Å². The van der Waals surface area contributed by atoms with Gasteiger partial charge in [0.1, 0.15) is 0 Å². The van der Waals surface area contributed by atoms with Crippen molar-refractivity contribution in [3.63, 3.8) is 0 Å². The number of nitrogens with one attached hydrogen (secondary N) is 1. The summed E-state index contributed by atoms with van der Waals surface area (Å²) in [6.07, 6.45) is 5.12. The first-order chi connectivity index (χ1) is 8.33. The Labute approximate surface area is 111 Å². The van der Waals surface area contributed by atoms with Gasteiger partial charge >= 0.3 is 0 Å². The Morgan fingerprint density at radius 3 is 2.28 bits per heavy atom. The molecule has 5 nitrogen and oxygen atoms in total. The summed E-state index contributed by atoms with van der Waals surface area (Å²) in [5.41, 5.74) is -0.261. The van der Waals surface area contributed by atoms with Crippen LogP contribution >= 0.6 is 0 Å². The molecule has 1 rings (SSSR count). The molecule has 0 radical (unpaired) electrons. The molecule has 1 aliphatic carbocycles. The Kier molecular flexibility index (Phi) is 5.58. The molecular formula is C12H26N2O3S. The van der Waals surface area contributed by atoms with Gasteiger partial charge in [-0.25, -0.2) is 4.72 Å². The highest BCUT2D eigenvalue weighted by Gasteiger charge is 2.33. The highest BCUT2D eigenvalue weighted by atomic mass is 32.2. The highest BCUT2D eigenvalue weighted by Crippen LogP contribution is 2.35. The molecule has 0 unspecified atom stereocenters. The maximum Gasteiger partial charge on any atom is 0.279 e. The van der Waals surface area contributed by atoms with Crippen LogP contribution in [0.1, 0.15) is 46.0 Å². The van der Waals surface area contributed by atoms with Gasteiger partial charge in [0.05, 0.1) is 0 Å². The number of rotatable bonds is 6. The highest BCUT2D eigenvalue weighted by molar-refractivity contribution is 7.87. The minimum Gasteiger partial charge on any atom is -0.396 e. The quantitative estimate of drug-likeness (QED) is 0.764. The van der Waals surface area contributed by atoms with Crippen molar-refractivity contribution in [1.29, 1.82) is 0 Å². The first-order valence-corrected chi connectivity index (χ1v) is 8.10. The largest absolute Gasteiger partial charge is 0.396 e. The van der Waals surface area contributed by atoms with Gasteiger partial charge in [0.15, 0.2) is 0 Å². The fourth-order valence-electron chi connectivity index (χ4n) is 2.32. The minimum absolute atomic E-state index is 0.0565. The summed E-state index contributed by atoms with van der Waals surface area (Å²) >= 11 is 0. The monoisotopic (exact) mass is 278 g/mol. The third-order valence-electron chi connectivity index (χ3n) is 3.99. The van der Waals surface area contributed by atoms with E-state index >= 15 is 0 Å². The van der Waals surface area contributed by atoms with Gasteiger partial charge in [0.2, 0.25) is 0 Å². The van der Waals surface area contributed by atoms with E-state index in [4.69, 9.17) is 0 Å². The predicted octanol–water partition coefficient (Wildman–Crippen LogP) is 1.10. The third-order valence-corrected chi connectivity index (χ3v) is 5.67. The van der Waals surface area contributed by atoms with E-state index in [1.165, 1.54) is 10.7 Å². The zero-order valence-corrected chi connectivity index (χ0v) is 12.5. The molecule has 0 atom stereocenters. The fraction of sp³-hybridized carbons (Fsp3) is 1.00. The van der Waals surface area contributed by atoms with Gasteiger partial charge in [-0.1, -0.05) is 19.3 Å². The smallest absolute Gasteiger partial charge is 0.279 e. The molecule has 1 aliphatic rings. The van der Waals surface area contributed by atoms with Crippen LogP contribution in [-0.2, 0) is 10.2 Å². The van der Waals surface area contributed by atoms with Crippen molar-refractivity contribution < 1.29 is 13.5 Å². The topological polar surface area (TPSA) is 69.6 Å². The molecule has 1 fully saturated rings. The van der Waals surface area contributed by atoms with Gasteiger partial charge in [0.25, 0.3) is 10.2 Å². The van der Waals surface area contributed by atoms with E-state index in [1.807, 2.05) is 13.8 Å². The van der Waals surface area contributed by atoms with Crippen molar-refractivity contribution in [3.8, 4) is 0 Å². The number of aliphatic hydroxyl groups excluding tert-OH is 1. The number of aliphatic hydroxyl groups is 1. The molecule has 0 bridgehead atoms. The van der Waals surface area contributed by atoms with Crippen LogP contribution in [0, 0.1) is 5.41 Å². The zero-order valence-electron chi connectivity index (χ0n) is 11.6. The lowest BCUT2D eigenvalue weighted by atomic mass is 9.75. The van der Waals surface area contributed by atoms with Crippen LogP contribution < -0.4 is 4.72 Å². The second-order valence-corrected chi connectivity index (χ2v) is 7.47. The summed E-state index contributed by atoms with van der Waals surface area (Å²) < 4.78 is 28.0. The Morgan fingerprint density at radius 2 is 1.83 bits per heavy atom. The minimum atomic E-state index is -3.43. The normalized spacial score (nSPS) is 20.6. The van der Waals surface area contributed by atoms with Crippen LogP contribution in [0.4, 0.5) is 0 Å². The molecule has 0 spiro atoms. The van der Waals surface area contributed by atoms with Crippen LogP contribution in [0.2, 0.25) is 0 Å². The third kappa shape index (κ3) is 3.91. The zero-order chi connectivity index (χ0) is 13.8. The summed E-state index contributed by atoms with van der Waals surface area (Å²) in [5, 5.41) is 9.54. The maximum absolute atomic E-state index is 12.0. The van der Waals surface area contributed by atoms with Gasteiger partial charge < -0.3 is 5.11 Å². The van der Waals surface area contributed by atoms with Gasteiger partial charge in [0, 0.05) is 31.7 Å². The molecule has 0 aromatic heterocycles. The lowest BCUT2D eigenvalue weighted by Gasteiger charge is -2.36. The summed E-state index contributed by atoms with van der Waals surface area (Å²) in [6, 6.07) is -0.0704. The van der Waals surface area contributed by atoms with Crippen molar-refractivity contribution in [2.24, 2.45) is 5.41 Å². The van der Waals surface area contributed by atoms with E-state index in [1.54, 1.807) is 7.05 Å². The van der Waals surface area contributed by atoms with E-state index < -0.39 is 10.2 Å². The molecule has 1 saturated carbocycles. The lowest BCUT2D eigenvalue weighted by Crippen LogP contribution is -2.47. The van der Waals surface area contributed by atoms with Crippen molar-refractivity contribution in [2.45, 2.75) is 52.0 Å². The Morgan fingerprint density at radius 1 is 1.28 bits per heavy atom. The fourth-order valence-corrected chi connectivity index (χ4v) is 3.56. The van der Waals surface area contributed by atoms with Crippen molar-refractivity contribution in [2.75, 3.05) is 20.2 Å². The first kappa shape index (κ1) is 15.9.